The van der Waals surface area contributed by atoms with Gasteiger partial charge in [0.15, 0.2) is 0 Å². The van der Waals surface area contributed by atoms with Crippen LogP contribution in [0.25, 0.3) is 5.70 Å². The molecule has 2 N–H and O–H groups in total. The molecule has 1 aromatic carbocycles. The summed E-state index contributed by atoms with van der Waals surface area (Å²) in [5, 5.41) is 0. The summed E-state index contributed by atoms with van der Waals surface area (Å²) in [6.45, 7) is 8.40. The molecule has 0 amide bonds. The van der Waals surface area contributed by atoms with Gasteiger partial charge in [0.1, 0.15) is 5.82 Å². The molecular formula is C13H17FN2O. The van der Waals surface area contributed by atoms with E-state index >= 15 is 0 Å². The molecule has 1 heterocycles. The van der Waals surface area contributed by atoms with E-state index in [1.165, 1.54) is 6.07 Å². The van der Waals surface area contributed by atoms with E-state index in [1.807, 2.05) is 13.0 Å². The molecule has 1 aliphatic rings. The maximum atomic E-state index is 13.9. The second-order valence-corrected chi connectivity index (χ2v) is 4.24. The van der Waals surface area contributed by atoms with Crippen molar-refractivity contribution in [2.75, 3.05) is 31.2 Å². The highest BCUT2D eigenvalue weighted by Crippen LogP contribution is 2.25. The van der Waals surface area contributed by atoms with Crippen LogP contribution in [0.5, 0.6) is 0 Å². The Morgan fingerprint density at radius 2 is 2.06 bits per heavy atom. The highest BCUT2D eigenvalue weighted by atomic mass is 19.1. The van der Waals surface area contributed by atoms with E-state index in [0.29, 0.717) is 18.8 Å². The minimum absolute atomic E-state index is 0.272. The molecule has 17 heavy (non-hydrogen) atoms. The third kappa shape index (κ3) is 2.42. The number of ether oxygens (including phenoxy) is 1. The molecule has 1 aromatic rings. The fraction of sp³-hybridized carbons (Fsp3) is 0.385. The van der Waals surface area contributed by atoms with Gasteiger partial charge < -0.3 is 15.4 Å². The summed E-state index contributed by atoms with van der Waals surface area (Å²) < 4.78 is 19.2. The Labute approximate surface area is 101 Å². The Balaban J connectivity index is 2.34. The number of nitrogens with two attached hydrogens (primary N) is 1. The van der Waals surface area contributed by atoms with E-state index < -0.39 is 0 Å². The standard InChI is InChI=1S/C13H17FN2O/c1-9-7-11(16-3-5-17-6-4-16)8-12(14)13(9)10(2)15/h7-8H,2-6,15H2,1H3. The third-order valence-electron chi connectivity index (χ3n) is 2.97. The van der Waals surface area contributed by atoms with Crippen molar-refractivity contribution >= 4 is 11.4 Å². The molecule has 0 bridgehead atoms. The summed E-state index contributed by atoms with van der Waals surface area (Å²) in [5.74, 6) is -0.306. The maximum absolute atomic E-state index is 13.9. The Bertz CT molecular complexity index is 416. The maximum Gasteiger partial charge on any atom is 0.134 e. The second-order valence-electron chi connectivity index (χ2n) is 4.24. The molecule has 92 valence electrons. The summed E-state index contributed by atoms with van der Waals surface area (Å²) >= 11 is 0. The van der Waals surface area contributed by atoms with E-state index in [1.54, 1.807) is 0 Å². The number of rotatable bonds is 2. The van der Waals surface area contributed by atoms with Gasteiger partial charge in [-0.1, -0.05) is 6.58 Å². The van der Waals surface area contributed by atoms with Crippen molar-refractivity contribution in [1.29, 1.82) is 0 Å². The van der Waals surface area contributed by atoms with E-state index in [-0.39, 0.29) is 11.5 Å². The number of anilines is 1. The molecule has 0 aliphatic carbocycles. The second kappa shape index (κ2) is 4.75. The molecule has 0 spiro atoms. The van der Waals surface area contributed by atoms with Crippen molar-refractivity contribution in [2.24, 2.45) is 5.73 Å². The minimum atomic E-state index is -0.306. The summed E-state index contributed by atoms with van der Waals surface area (Å²) in [6, 6.07) is 3.47. The van der Waals surface area contributed by atoms with Crippen LogP contribution in [0.4, 0.5) is 10.1 Å². The van der Waals surface area contributed by atoms with Crippen LogP contribution >= 0.6 is 0 Å². The molecule has 4 heteroatoms. The Hall–Kier alpha value is -1.55. The SMILES string of the molecule is C=C(N)c1c(C)cc(N2CCOCC2)cc1F. The average molecular weight is 236 g/mol. The van der Waals surface area contributed by atoms with Crippen molar-refractivity contribution in [3.63, 3.8) is 0 Å². The van der Waals surface area contributed by atoms with Crippen molar-refractivity contribution in [1.82, 2.24) is 0 Å². The number of nitrogens with zero attached hydrogens (tertiary/aromatic N) is 1. The smallest absolute Gasteiger partial charge is 0.134 e. The molecule has 1 fully saturated rings. The molecule has 2 rings (SSSR count). The Morgan fingerprint density at radius 1 is 1.41 bits per heavy atom. The average Bonchev–Trinajstić information content (AvgIpc) is 2.28. The van der Waals surface area contributed by atoms with E-state index in [0.717, 1.165) is 24.3 Å². The first kappa shape index (κ1) is 11.9. The van der Waals surface area contributed by atoms with Crippen molar-refractivity contribution in [3.05, 3.63) is 35.7 Å². The molecule has 0 atom stereocenters. The Kier molecular flexibility index (Phi) is 3.33. The number of aryl methyl sites for hydroxylation is 1. The third-order valence-corrected chi connectivity index (χ3v) is 2.97. The zero-order valence-electron chi connectivity index (χ0n) is 10.0. The summed E-state index contributed by atoms with van der Waals surface area (Å²) in [6.07, 6.45) is 0. The molecule has 0 unspecified atom stereocenters. The number of hydrogen-bond donors (Lipinski definition) is 1. The van der Waals surface area contributed by atoms with Gasteiger partial charge in [0.05, 0.1) is 13.2 Å². The fourth-order valence-electron chi connectivity index (χ4n) is 2.14. The first-order valence-electron chi connectivity index (χ1n) is 5.67. The van der Waals surface area contributed by atoms with Gasteiger partial charge in [-0.15, -0.1) is 0 Å². The number of halogens is 1. The van der Waals surface area contributed by atoms with Gasteiger partial charge in [-0.3, -0.25) is 0 Å². The lowest BCUT2D eigenvalue weighted by molar-refractivity contribution is 0.122. The van der Waals surface area contributed by atoms with Crippen molar-refractivity contribution in [2.45, 2.75) is 6.92 Å². The van der Waals surface area contributed by atoms with Crippen LogP contribution in [0.3, 0.4) is 0 Å². The molecule has 3 nitrogen and oxygen atoms in total. The van der Waals surface area contributed by atoms with Crippen molar-refractivity contribution < 1.29 is 9.13 Å². The van der Waals surface area contributed by atoms with Crippen LogP contribution in [-0.2, 0) is 4.74 Å². The monoisotopic (exact) mass is 236 g/mol. The molecule has 0 saturated carbocycles. The van der Waals surface area contributed by atoms with Crippen LogP contribution in [0.1, 0.15) is 11.1 Å². The fourth-order valence-corrected chi connectivity index (χ4v) is 2.14. The van der Waals surface area contributed by atoms with E-state index in [9.17, 15) is 4.39 Å². The van der Waals surface area contributed by atoms with Gasteiger partial charge in [0, 0.05) is 30.0 Å². The predicted molar refractivity (Wildman–Crippen MR) is 67.4 cm³/mol. The topological polar surface area (TPSA) is 38.5 Å². The van der Waals surface area contributed by atoms with Crippen molar-refractivity contribution in [3.8, 4) is 0 Å². The van der Waals surface area contributed by atoms with E-state index in [2.05, 4.69) is 11.5 Å². The number of hydrogen-bond acceptors (Lipinski definition) is 3. The van der Waals surface area contributed by atoms with Crippen LogP contribution < -0.4 is 10.6 Å². The number of morpholine rings is 1. The zero-order chi connectivity index (χ0) is 12.4. The van der Waals surface area contributed by atoms with Gasteiger partial charge in [0.25, 0.3) is 0 Å². The highest BCUT2D eigenvalue weighted by molar-refractivity contribution is 5.67. The summed E-state index contributed by atoms with van der Waals surface area (Å²) in [7, 11) is 0. The van der Waals surface area contributed by atoms with Crippen LogP contribution in [0.2, 0.25) is 0 Å². The lowest BCUT2D eigenvalue weighted by Gasteiger charge is -2.29. The molecule has 0 aromatic heterocycles. The lowest BCUT2D eigenvalue weighted by atomic mass is 10.0. The van der Waals surface area contributed by atoms with Gasteiger partial charge in [0.2, 0.25) is 0 Å². The summed E-state index contributed by atoms with van der Waals surface area (Å²) in [5.41, 5.74) is 7.97. The first-order chi connectivity index (χ1) is 8.09. The minimum Gasteiger partial charge on any atom is -0.399 e. The van der Waals surface area contributed by atoms with Crippen LogP contribution in [0.15, 0.2) is 18.7 Å². The molecule has 1 saturated heterocycles. The van der Waals surface area contributed by atoms with Crippen LogP contribution in [0, 0.1) is 12.7 Å². The predicted octanol–water partition coefficient (Wildman–Crippen LogP) is 1.90. The van der Waals surface area contributed by atoms with Gasteiger partial charge in [-0.05, 0) is 24.6 Å². The van der Waals surface area contributed by atoms with Gasteiger partial charge >= 0.3 is 0 Å². The largest absolute Gasteiger partial charge is 0.399 e. The quantitative estimate of drug-likeness (QED) is 0.852. The molecular weight excluding hydrogens is 219 g/mol. The van der Waals surface area contributed by atoms with Crippen LogP contribution in [-0.4, -0.2) is 26.3 Å². The first-order valence-corrected chi connectivity index (χ1v) is 5.67. The Morgan fingerprint density at radius 3 is 2.59 bits per heavy atom. The highest BCUT2D eigenvalue weighted by Gasteiger charge is 2.15. The summed E-state index contributed by atoms with van der Waals surface area (Å²) in [4.78, 5) is 2.11. The van der Waals surface area contributed by atoms with Gasteiger partial charge in [-0.2, -0.15) is 0 Å². The molecule has 0 radical (unpaired) electrons. The normalized spacial score (nSPS) is 16.0. The van der Waals surface area contributed by atoms with Gasteiger partial charge in [-0.25, -0.2) is 4.39 Å². The van der Waals surface area contributed by atoms with E-state index in [4.69, 9.17) is 10.5 Å². The lowest BCUT2D eigenvalue weighted by Crippen LogP contribution is -2.36. The number of benzene rings is 1. The zero-order valence-corrected chi connectivity index (χ0v) is 10.0. The molecule has 1 aliphatic heterocycles.